The molecule has 1 atom stereocenters. The summed E-state index contributed by atoms with van der Waals surface area (Å²) in [6.07, 6.45) is 2.91. The van der Waals surface area contributed by atoms with E-state index in [1.165, 1.54) is 23.5 Å². The molecule has 1 saturated heterocycles. The zero-order valence-corrected chi connectivity index (χ0v) is 12.3. The highest BCUT2D eigenvalue weighted by Gasteiger charge is 2.27. The van der Waals surface area contributed by atoms with Crippen molar-refractivity contribution in [3.05, 3.63) is 29.8 Å². The maximum absolute atomic E-state index is 12.5. The lowest BCUT2D eigenvalue weighted by atomic mass is 10.1. The molecule has 1 fully saturated rings. The van der Waals surface area contributed by atoms with Crippen LogP contribution >= 0.6 is 0 Å². The highest BCUT2D eigenvalue weighted by molar-refractivity contribution is 7.89. The number of benzene rings is 1. The van der Waals surface area contributed by atoms with Crippen molar-refractivity contribution < 1.29 is 13.2 Å². The summed E-state index contributed by atoms with van der Waals surface area (Å²) in [5.41, 5.74) is 0.170. The minimum absolute atomic E-state index is 0.0563. The Kier molecular flexibility index (Phi) is 4.76. The average Bonchev–Trinajstić information content (AvgIpc) is 2.48. The fraction of sp³-hybridized carbons (Fsp3) is 0.500. The number of rotatable bonds is 4. The zero-order chi connectivity index (χ0) is 14.6. The van der Waals surface area contributed by atoms with Crippen LogP contribution < -0.4 is 0 Å². The van der Waals surface area contributed by atoms with Crippen LogP contribution in [0.15, 0.2) is 29.2 Å². The van der Waals surface area contributed by atoms with E-state index in [0.29, 0.717) is 13.2 Å². The molecule has 20 heavy (non-hydrogen) atoms. The standard InChI is InChI=1S/C14H18N2O3S/c1-16(11-13-7-4-5-9-19-13)20(17,18)14-8-3-2-6-12(14)10-15/h2-3,6,8,13H,4-5,7,9,11H2,1H3/t13-/m0/s1. The van der Waals surface area contributed by atoms with Crippen molar-refractivity contribution in [1.29, 1.82) is 5.26 Å². The van der Waals surface area contributed by atoms with Crippen molar-refractivity contribution in [2.45, 2.75) is 30.3 Å². The summed E-state index contributed by atoms with van der Waals surface area (Å²) in [7, 11) is -2.12. The Hall–Kier alpha value is -1.42. The Bertz CT molecular complexity index is 601. The molecule has 2 rings (SSSR count). The molecule has 1 aromatic rings. The van der Waals surface area contributed by atoms with Crippen molar-refractivity contribution in [3.8, 4) is 6.07 Å². The molecule has 0 radical (unpaired) electrons. The van der Waals surface area contributed by atoms with Gasteiger partial charge in [0.15, 0.2) is 0 Å². The normalized spacial score (nSPS) is 19.8. The van der Waals surface area contributed by atoms with Crippen LogP contribution in [-0.2, 0) is 14.8 Å². The number of ether oxygens (including phenoxy) is 1. The molecule has 0 aliphatic carbocycles. The molecule has 0 bridgehead atoms. The summed E-state index contributed by atoms with van der Waals surface area (Å²) < 4.78 is 31.9. The summed E-state index contributed by atoms with van der Waals surface area (Å²) in [4.78, 5) is 0.0563. The van der Waals surface area contributed by atoms with Gasteiger partial charge in [-0.3, -0.25) is 0 Å². The number of likely N-dealkylation sites (N-methyl/N-ethyl adjacent to an activating group) is 1. The highest BCUT2D eigenvalue weighted by Crippen LogP contribution is 2.21. The first-order chi connectivity index (χ1) is 9.55. The molecule has 6 heteroatoms. The maximum atomic E-state index is 12.5. The third kappa shape index (κ3) is 3.18. The molecular weight excluding hydrogens is 276 g/mol. The largest absolute Gasteiger partial charge is 0.377 e. The number of hydrogen-bond donors (Lipinski definition) is 0. The van der Waals surface area contributed by atoms with Crippen LogP contribution in [-0.4, -0.2) is 39.0 Å². The van der Waals surface area contributed by atoms with Gasteiger partial charge in [0.05, 0.1) is 16.6 Å². The van der Waals surface area contributed by atoms with E-state index < -0.39 is 10.0 Å². The zero-order valence-electron chi connectivity index (χ0n) is 11.4. The van der Waals surface area contributed by atoms with Gasteiger partial charge >= 0.3 is 0 Å². The monoisotopic (exact) mass is 294 g/mol. The topological polar surface area (TPSA) is 70.4 Å². The molecule has 1 heterocycles. The molecular formula is C14H18N2O3S. The summed E-state index contributed by atoms with van der Waals surface area (Å²) in [5, 5.41) is 9.03. The first-order valence-electron chi connectivity index (χ1n) is 6.63. The van der Waals surface area contributed by atoms with Crippen LogP contribution in [0.3, 0.4) is 0 Å². The molecule has 0 amide bonds. The van der Waals surface area contributed by atoms with E-state index in [1.54, 1.807) is 12.1 Å². The lowest BCUT2D eigenvalue weighted by molar-refractivity contribution is 0.00858. The van der Waals surface area contributed by atoms with Crippen LogP contribution in [0.2, 0.25) is 0 Å². The van der Waals surface area contributed by atoms with Crippen LogP contribution in [0.1, 0.15) is 24.8 Å². The Morgan fingerprint density at radius 3 is 2.80 bits per heavy atom. The maximum Gasteiger partial charge on any atom is 0.244 e. The fourth-order valence-corrected chi connectivity index (χ4v) is 3.63. The molecule has 108 valence electrons. The van der Waals surface area contributed by atoms with Gasteiger partial charge in [0.1, 0.15) is 6.07 Å². The molecule has 1 aromatic carbocycles. The first-order valence-corrected chi connectivity index (χ1v) is 8.07. The molecule has 5 nitrogen and oxygen atoms in total. The van der Waals surface area contributed by atoms with E-state index in [2.05, 4.69) is 0 Å². The number of nitrogens with zero attached hydrogens (tertiary/aromatic N) is 2. The minimum Gasteiger partial charge on any atom is -0.377 e. The number of hydrogen-bond acceptors (Lipinski definition) is 4. The van der Waals surface area contributed by atoms with Gasteiger partial charge < -0.3 is 4.74 Å². The highest BCUT2D eigenvalue weighted by atomic mass is 32.2. The van der Waals surface area contributed by atoms with E-state index in [4.69, 9.17) is 10.00 Å². The van der Waals surface area contributed by atoms with E-state index in [1.807, 2.05) is 6.07 Å². The van der Waals surface area contributed by atoms with E-state index in [0.717, 1.165) is 19.3 Å². The molecule has 1 aliphatic heterocycles. The van der Waals surface area contributed by atoms with Crippen molar-refractivity contribution in [3.63, 3.8) is 0 Å². The SMILES string of the molecule is CN(C[C@@H]1CCCCO1)S(=O)(=O)c1ccccc1C#N. The van der Waals surface area contributed by atoms with Gasteiger partial charge in [0, 0.05) is 20.2 Å². The van der Waals surface area contributed by atoms with Gasteiger partial charge in [-0.1, -0.05) is 12.1 Å². The Balaban J connectivity index is 2.19. The van der Waals surface area contributed by atoms with Crippen molar-refractivity contribution in [2.75, 3.05) is 20.2 Å². The Labute approximate surface area is 119 Å². The van der Waals surface area contributed by atoms with Crippen LogP contribution in [0, 0.1) is 11.3 Å². The van der Waals surface area contributed by atoms with Crippen molar-refractivity contribution in [1.82, 2.24) is 4.31 Å². The summed E-state index contributed by atoms with van der Waals surface area (Å²) in [5.74, 6) is 0. The predicted octanol–water partition coefficient (Wildman–Crippen LogP) is 1.75. The van der Waals surface area contributed by atoms with Gasteiger partial charge in [-0.25, -0.2) is 8.42 Å². The third-order valence-electron chi connectivity index (χ3n) is 3.43. The second-order valence-electron chi connectivity index (χ2n) is 4.88. The van der Waals surface area contributed by atoms with Crippen LogP contribution in [0.25, 0.3) is 0 Å². The van der Waals surface area contributed by atoms with Gasteiger partial charge in [-0.2, -0.15) is 9.57 Å². The molecule has 0 spiro atoms. The van der Waals surface area contributed by atoms with Gasteiger partial charge in [0.25, 0.3) is 0 Å². The van der Waals surface area contributed by atoms with Crippen molar-refractivity contribution in [2.24, 2.45) is 0 Å². The second kappa shape index (κ2) is 6.35. The van der Waals surface area contributed by atoms with Gasteiger partial charge in [-0.05, 0) is 31.4 Å². The summed E-state index contributed by atoms with van der Waals surface area (Å²) >= 11 is 0. The van der Waals surface area contributed by atoms with Gasteiger partial charge in [0.2, 0.25) is 10.0 Å². The smallest absolute Gasteiger partial charge is 0.244 e. The number of sulfonamides is 1. The van der Waals surface area contributed by atoms with Crippen LogP contribution in [0.4, 0.5) is 0 Å². The van der Waals surface area contributed by atoms with Gasteiger partial charge in [-0.15, -0.1) is 0 Å². The summed E-state index contributed by atoms with van der Waals surface area (Å²) in [6, 6.07) is 8.18. The first kappa shape index (κ1) is 15.0. The molecule has 0 saturated carbocycles. The molecule has 0 aromatic heterocycles. The lowest BCUT2D eigenvalue weighted by Crippen LogP contribution is -2.37. The third-order valence-corrected chi connectivity index (χ3v) is 5.31. The molecule has 0 N–H and O–H groups in total. The lowest BCUT2D eigenvalue weighted by Gasteiger charge is -2.27. The quantitative estimate of drug-likeness (QED) is 0.848. The Morgan fingerprint density at radius 1 is 1.40 bits per heavy atom. The molecule has 0 unspecified atom stereocenters. The van der Waals surface area contributed by atoms with E-state index in [9.17, 15) is 8.42 Å². The van der Waals surface area contributed by atoms with E-state index >= 15 is 0 Å². The minimum atomic E-state index is -3.65. The molecule has 1 aliphatic rings. The van der Waals surface area contributed by atoms with E-state index in [-0.39, 0.29) is 16.6 Å². The van der Waals surface area contributed by atoms with Crippen molar-refractivity contribution >= 4 is 10.0 Å². The predicted molar refractivity (Wildman–Crippen MR) is 74.6 cm³/mol. The van der Waals surface area contributed by atoms with Crippen LogP contribution in [0.5, 0.6) is 0 Å². The fourth-order valence-electron chi connectivity index (χ4n) is 2.29. The average molecular weight is 294 g/mol. The summed E-state index contributed by atoms with van der Waals surface area (Å²) in [6.45, 7) is 1.01. The number of nitriles is 1. The Morgan fingerprint density at radius 2 is 2.15 bits per heavy atom. The second-order valence-corrected chi connectivity index (χ2v) is 6.90.